The predicted molar refractivity (Wildman–Crippen MR) is 78.1 cm³/mol. The Balaban J connectivity index is 1.73. The lowest BCUT2D eigenvalue weighted by Gasteiger charge is -2.16. The molecular weight excluding hydrogens is 324 g/mol. The van der Waals surface area contributed by atoms with Crippen LogP contribution in [0.2, 0.25) is 0 Å². The fourth-order valence-corrected chi connectivity index (χ4v) is 2.43. The molecule has 0 saturated carbocycles. The van der Waals surface area contributed by atoms with Gasteiger partial charge < -0.3 is 15.4 Å². The Kier molecular flexibility index (Phi) is 5.00. The van der Waals surface area contributed by atoms with E-state index in [1.807, 2.05) is 24.3 Å². The number of carbonyl (C=O) groups excluding carboxylic acids is 2. The van der Waals surface area contributed by atoms with Crippen LogP contribution in [-0.2, 0) is 9.59 Å². The van der Waals surface area contributed by atoms with Gasteiger partial charge in [0.05, 0.1) is 18.9 Å². The molecule has 5 nitrogen and oxygen atoms in total. The molecular formula is C14H17BrN2O3. The van der Waals surface area contributed by atoms with Crippen LogP contribution in [0.15, 0.2) is 28.7 Å². The molecule has 108 valence electrons. The van der Waals surface area contributed by atoms with Crippen LogP contribution in [0.4, 0.5) is 0 Å². The highest BCUT2D eigenvalue weighted by atomic mass is 79.9. The lowest BCUT2D eigenvalue weighted by Crippen LogP contribution is -2.32. The van der Waals surface area contributed by atoms with Crippen molar-refractivity contribution in [2.75, 3.05) is 19.7 Å². The summed E-state index contributed by atoms with van der Waals surface area (Å²) in [5, 5.41) is 0. The number of rotatable bonds is 5. The molecule has 0 bridgehead atoms. The minimum atomic E-state index is -0.327. The van der Waals surface area contributed by atoms with Crippen molar-refractivity contribution in [2.24, 2.45) is 11.7 Å². The molecule has 1 aliphatic rings. The van der Waals surface area contributed by atoms with Crippen LogP contribution in [0.25, 0.3) is 0 Å². The number of ether oxygens (including phenoxy) is 1. The number of primary amides is 1. The van der Waals surface area contributed by atoms with Gasteiger partial charge in [-0.2, -0.15) is 0 Å². The van der Waals surface area contributed by atoms with Crippen molar-refractivity contribution >= 4 is 27.7 Å². The molecule has 1 heterocycles. The van der Waals surface area contributed by atoms with E-state index in [1.54, 1.807) is 4.90 Å². The first-order valence-electron chi connectivity index (χ1n) is 6.51. The van der Waals surface area contributed by atoms with E-state index in [2.05, 4.69) is 15.9 Å². The highest BCUT2D eigenvalue weighted by molar-refractivity contribution is 9.10. The maximum absolute atomic E-state index is 11.9. The molecule has 0 aromatic heterocycles. The van der Waals surface area contributed by atoms with E-state index in [0.29, 0.717) is 32.5 Å². The second-order valence-corrected chi connectivity index (χ2v) is 5.70. The Morgan fingerprint density at radius 2 is 2.05 bits per heavy atom. The summed E-state index contributed by atoms with van der Waals surface area (Å²) in [5.74, 6) is 0.209. The van der Waals surface area contributed by atoms with Crippen LogP contribution in [0.5, 0.6) is 5.75 Å². The number of benzene rings is 1. The van der Waals surface area contributed by atoms with Gasteiger partial charge in [0.25, 0.3) is 0 Å². The number of nitrogens with zero attached hydrogens (tertiary/aromatic N) is 1. The first-order chi connectivity index (χ1) is 9.56. The van der Waals surface area contributed by atoms with Gasteiger partial charge in [-0.25, -0.2) is 0 Å². The van der Waals surface area contributed by atoms with Gasteiger partial charge in [-0.1, -0.05) is 15.9 Å². The van der Waals surface area contributed by atoms with Crippen LogP contribution < -0.4 is 10.5 Å². The zero-order valence-electron chi connectivity index (χ0n) is 11.0. The molecule has 2 N–H and O–H groups in total. The smallest absolute Gasteiger partial charge is 0.226 e. The molecule has 2 rings (SSSR count). The summed E-state index contributed by atoms with van der Waals surface area (Å²) in [5.41, 5.74) is 5.24. The number of carbonyl (C=O) groups is 2. The SMILES string of the molecule is NC(=O)[C@@H]1CCN(C(=O)CCOc2ccc(Br)cc2)C1. The van der Waals surface area contributed by atoms with Gasteiger partial charge in [0.1, 0.15) is 5.75 Å². The van der Waals surface area contributed by atoms with Crippen LogP contribution in [0.1, 0.15) is 12.8 Å². The second-order valence-electron chi connectivity index (χ2n) is 4.78. The Labute approximate surface area is 126 Å². The molecule has 0 unspecified atom stereocenters. The topological polar surface area (TPSA) is 72.6 Å². The molecule has 1 aliphatic heterocycles. The average Bonchev–Trinajstić information content (AvgIpc) is 2.91. The monoisotopic (exact) mass is 340 g/mol. The summed E-state index contributed by atoms with van der Waals surface area (Å²) in [6, 6.07) is 7.45. The third-order valence-corrected chi connectivity index (χ3v) is 3.87. The number of hydrogen-bond donors (Lipinski definition) is 1. The van der Waals surface area contributed by atoms with Crippen molar-refractivity contribution in [3.05, 3.63) is 28.7 Å². The van der Waals surface area contributed by atoms with Crippen LogP contribution in [0.3, 0.4) is 0 Å². The molecule has 6 heteroatoms. The lowest BCUT2D eigenvalue weighted by atomic mass is 10.1. The van der Waals surface area contributed by atoms with E-state index in [4.69, 9.17) is 10.5 Å². The molecule has 0 radical (unpaired) electrons. The molecule has 1 saturated heterocycles. The van der Waals surface area contributed by atoms with Gasteiger partial charge in [0, 0.05) is 17.6 Å². The van der Waals surface area contributed by atoms with Crippen LogP contribution in [0, 0.1) is 5.92 Å². The summed E-state index contributed by atoms with van der Waals surface area (Å²) in [4.78, 5) is 24.7. The number of hydrogen-bond acceptors (Lipinski definition) is 3. The van der Waals surface area contributed by atoms with E-state index in [-0.39, 0.29) is 17.7 Å². The first kappa shape index (κ1) is 14.8. The summed E-state index contributed by atoms with van der Waals surface area (Å²) in [7, 11) is 0. The molecule has 1 aromatic carbocycles. The van der Waals surface area contributed by atoms with E-state index in [1.165, 1.54) is 0 Å². The highest BCUT2D eigenvalue weighted by Crippen LogP contribution is 2.18. The standard InChI is InChI=1S/C14H17BrN2O3/c15-11-1-3-12(4-2-11)20-8-6-13(18)17-7-5-10(9-17)14(16)19/h1-4,10H,5-9H2,(H2,16,19)/t10-/m1/s1. The van der Waals surface area contributed by atoms with E-state index in [9.17, 15) is 9.59 Å². The first-order valence-corrected chi connectivity index (χ1v) is 7.31. The highest BCUT2D eigenvalue weighted by Gasteiger charge is 2.29. The van der Waals surface area contributed by atoms with Crippen LogP contribution >= 0.6 is 15.9 Å². The summed E-state index contributed by atoms with van der Waals surface area (Å²) >= 11 is 3.34. The Bertz CT molecular complexity index is 490. The molecule has 0 spiro atoms. The number of amides is 2. The van der Waals surface area contributed by atoms with Gasteiger partial charge in [-0.15, -0.1) is 0 Å². The zero-order chi connectivity index (χ0) is 14.5. The minimum absolute atomic E-state index is 0.00543. The molecule has 1 fully saturated rings. The number of likely N-dealkylation sites (tertiary alicyclic amines) is 1. The molecule has 0 aliphatic carbocycles. The fraction of sp³-hybridized carbons (Fsp3) is 0.429. The normalized spacial score (nSPS) is 18.1. The van der Waals surface area contributed by atoms with Crippen molar-refractivity contribution in [2.45, 2.75) is 12.8 Å². The predicted octanol–water partition coefficient (Wildman–Crippen LogP) is 1.55. The summed E-state index contributed by atoms with van der Waals surface area (Å²) < 4.78 is 6.49. The molecule has 20 heavy (non-hydrogen) atoms. The van der Waals surface area contributed by atoms with Gasteiger partial charge in [-0.3, -0.25) is 9.59 Å². The van der Waals surface area contributed by atoms with Gasteiger partial charge in [0.2, 0.25) is 11.8 Å². The maximum Gasteiger partial charge on any atom is 0.226 e. The maximum atomic E-state index is 11.9. The second kappa shape index (κ2) is 6.74. The Morgan fingerprint density at radius 1 is 1.35 bits per heavy atom. The lowest BCUT2D eigenvalue weighted by molar-refractivity contribution is -0.131. The van der Waals surface area contributed by atoms with Crippen LogP contribution in [-0.4, -0.2) is 36.4 Å². The van der Waals surface area contributed by atoms with Gasteiger partial charge in [0.15, 0.2) is 0 Å². The van der Waals surface area contributed by atoms with E-state index >= 15 is 0 Å². The third kappa shape index (κ3) is 3.96. The summed E-state index contributed by atoms with van der Waals surface area (Å²) in [6.07, 6.45) is 0.968. The van der Waals surface area contributed by atoms with Crippen molar-refractivity contribution < 1.29 is 14.3 Å². The van der Waals surface area contributed by atoms with E-state index < -0.39 is 0 Å². The molecule has 1 atom stereocenters. The van der Waals surface area contributed by atoms with Gasteiger partial charge in [-0.05, 0) is 30.7 Å². The van der Waals surface area contributed by atoms with Crippen molar-refractivity contribution in [3.8, 4) is 5.75 Å². The summed E-state index contributed by atoms with van der Waals surface area (Å²) in [6.45, 7) is 1.37. The molecule has 1 aromatic rings. The Hall–Kier alpha value is -1.56. The number of halogens is 1. The Morgan fingerprint density at radius 3 is 2.65 bits per heavy atom. The average molecular weight is 341 g/mol. The van der Waals surface area contributed by atoms with Gasteiger partial charge >= 0.3 is 0 Å². The quantitative estimate of drug-likeness (QED) is 0.883. The minimum Gasteiger partial charge on any atom is -0.493 e. The van der Waals surface area contributed by atoms with E-state index in [0.717, 1.165) is 10.2 Å². The van der Waals surface area contributed by atoms with Crippen molar-refractivity contribution in [1.82, 2.24) is 4.90 Å². The zero-order valence-corrected chi connectivity index (χ0v) is 12.6. The third-order valence-electron chi connectivity index (χ3n) is 3.34. The molecule has 2 amide bonds. The van der Waals surface area contributed by atoms with Crippen molar-refractivity contribution in [3.63, 3.8) is 0 Å². The largest absolute Gasteiger partial charge is 0.493 e. The fourth-order valence-electron chi connectivity index (χ4n) is 2.16. The number of nitrogens with two attached hydrogens (primary N) is 1. The van der Waals surface area contributed by atoms with Crippen molar-refractivity contribution in [1.29, 1.82) is 0 Å².